The Bertz CT molecular complexity index is 3.25. The zero-order valence-corrected chi connectivity index (χ0v) is 6.84. The Morgan fingerprint density at radius 3 is 0.500 bits per heavy atom. The topological polar surface area (TPSA) is 0 Å². The van der Waals surface area contributed by atoms with E-state index in [-0.39, 0.29) is 72.2 Å². The van der Waals surface area contributed by atoms with E-state index in [1.165, 1.54) is 0 Å². The van der Waals surface area contributed by atoms with Crippen LogP contribution in [0.1, 0.15) is 0 Å². The van der Waals surface area contributed by atoms with Crippen LogP contribution in [-0.4, -0.2) is 0 Å². The maximum absolute atomic E-state index is 0. The summed E-state index contributed by atoms with van der Waals surface area (Å²) in [6.45, 7) is 0. The second-order valence-corrected chi connectivity index (χ2v) is 0. The third kappa shape index (κ3) is 8.87. The van der Waals surface area contributed by atoms with Crippen LogP contribution in [0.25, 0.3) is 0 Å². The molecule has 3 radical (unpaired) electrons. The molecule has 0 aromatic rings. The number of hydrogen-bond acceptors (Lipinski definition) is 0. The monoisotopic (exact) mass is 211 g/mol. The molecule has 0 amide bonds. The fourth-order valence-electron chi connectivity index (χ4n) is 0. The van der Waals surface area contributed by atoms with Gasteiger partial charge in [0.15, 0.2) is 0 Å². The van der Waals surface area contributed by atoms with Gasteiger partial charge in [0, 0.05) is 72.2 Å². The first-order valence-electron chi connectivity index (χ1n) is 0. The first-order valence-corrected chi connectivity index (χ1v) is 0. The molecule has 0 aliphatic carbocycles. The summed E-state index contributed by atoms with van der Waals surface area (Å²) in [5, 5.41) is 0. The summed E-state index contributed by atoms with van der Waals surface area (Å²) in [6.07, 6.45) is 0. The summed E-state index contributed by atoms with van der Waals surface area (Å²) in [5.41, 5.74) is 0. The number of hydrogen-bond donors (Lipinski definition) is 0. The predicted octanol–water partition coefficient (Wildman–Crippen LogP) is -0.0100. The van der Waals surface area contributed by atoms with Crippen LogP contribution in [-0.2, 0) is 72.2 Å². The second-order valence-electron chi connectivity index (χ2n) is 0. The average molecular weight is 212 g/mol. The summed E-state index contributed by atoms with van der Waals surface area (Å²) < 4.78 is 0. The fraction of sp³-hybridized carbons (Fsp3) is 0. The van der Waals surface area contributed by atoms with Crippen molar-refractivity contribution in [3.63, 3.8) is 0 Å². The van der Waals surface area contributed by atoms with Crippen molar-refractivity contribution >= 4 is 0 Å². The van der Waals surface area contributed by atoms with Crippen molar-refractivity contribution in [3.8, 4) is 0 Å². The summed E-state index contributed by atoms with van der Waals surface area (Å²) in [7, 11) is 0. The molecular formula is NiV3. The van der Waals surface area contributed by atoms with Crippen LogP contribution >= 0.6 is 0 Å². The molecule has 0 bridgehead atoms. The summed E-state index contributed by atoms with van der Waals surface area (Å²) in [6, 6.07) is 0. The quantitative estimate of drug-likeness (QED) is 0.495. The van der Waals surface area contributed by atoms with Gasteiger partial charge in [0.25, 0.3) is 0 Å². The standard InChI is InChI=1S/Ni.3V. The van der Waals surface area contributed by atoms with E-state index in [2.05, 4.69) is 0 Å². The van der Waals surface area contributed by atoms with Crippen molar-refractivity contribution in [1.82, 2.24) is 0 Å². The van der Waals surface area contributed by atoms with Crippen LogP contribution in [0.5, 0.6) is 0 Å². The molecule has 4 heavy (non-hydrogen) atoms. The van der Waals surface area contributed by atoms with Gasteiger partial charge in [-0.25, -0.2) is 0 Å². The third-order valence-corrected chi connectivity index (χ3v) is 0. The predicted molar refractivity (Wildman–Crippen MR) is 0 cm³/mol. The van der Waals surface area contributed by atoms with Crippen molar-refractivity contribution in [2.75, 3.05) is 0 Å². The number of rotatable bonds is 0. The zero-order valence-electron chi connectivity index (χ0n) is 1.66. The molecule has 0 unspecified atom stereocenters. The molecule has 0 saturated heterocycles. The van der Waals surface area contributed by atoms with E-state index >= 15 is 0 Å². The van der Waals surface area contributed by atoms with Crippen LogP contribution < -0.4 is 0 Å². The van der Waals surface area contributed by atoms with Crippen LogP contribution in [0.3, 0.4) is 0 Å². The van der Waals surface area contributed by atoms with Crippen LogP contribution in [0.4, 0.5) is 0 Å². The molecule has 0 nitrogen and oxygen atoms in total. The molecule has 0 aliphatic heterocycles. The molecular weight excluding hydrogens is 212 g/mol. The van der Waals surface area contributed by atoms with E-state index in [0.717, 1.165) is 0 Å². The van der Waals surface area contributed by atoms with Gasteiger partial charge in [-0.15, -0.1) is 0 Å². The Kier molecular flexibility index (Phi) is 160. The minimum Gasteiger partial charge on any atom is 0 e. The van der Waals surface area contributed by atoms with Crippen molar-refractivity contribution < 1.29 is 72.2 Å². The Morgan fingerprint density at radius 1 is 0.500 bits per heavy atom. The smallest absolute Gasteiger partial charge is 0 e. The van der Waals surface area contributed by atoms with Gasteiger partial charge < -0.3 is 0 Å². The van der Waals surface area contributed by atoms with E-state index in [1.54, 1.807) is 0 Å². The van der Waals surface area contributed by atoms with Gasteiger partial charge in [-0.05, 0) is 0 Å². The maximum Gasteiger partial charge on any atom is 0 e. The molecule has 4 heteroatoms. The molecule has 0 spiro atoms. The second kappa shape index (κ2) is 18.7. The van der Waals surface area contributed by atoms with Gasteiger partial charge in [0.1, 0.15) is 0 Å². The van der Waals surface area contributed by atoms with E-state index in [0.29, 0.717) is 0 Å². The van der Waals surface area contributed by atoms with Crippen LogP contribution in [0, 0.1) is 0 Å². The van der Waals surface area contributed by atoms with Crippen molar-refractivity contribution in [2.24, 2.45) is 0 Å². The molecule has 0 fully saturated rings. The molecule has 25 valence electrons. The van der Waals surface area contributed by atoms with Crippen molar-refractivity contribution in [1.29, 1.82) is 0 Å². The molecule has 0 rings (SSSR count). The normalized spacial score (nSPS) is 0. The SMILES string of the molecule is [Ni].[V].[V].[V]. The van der Waals surface area contributed by atoms with E-state index < -0.39 is 0 Å². The summed E-state index contributed by atoms with van der Waals surface area (Å²) in [4.78, 5) is 0. The molecule has 0 aromatic carbocycles. The van der Waals surface area contributed by atoms with E-state index in [4.69, 9.17) is 0 Å². The molecule has 0 aromatic heterocycles. The van der Waals surface area contributed by atoms with Crippen LogP contribution in [0.2, 0.25) is 0 Å². The van der Waals surface area contributed by atoms with Gasteiger partial charge in [0.2, 0.25) is 0 Å². The third-order valence-electron chi connectivity index (χ3n) is 0. The summed E-state index contributed by atoms with van der Waals surface area (Å²) >= 11 is 0. The molecule has 0 atom stereocenters. The minimum atomic E-state index is 0. The van der Waals surface area contributed by atoms with Gasteiger partial charge in [0.05, 0.1) is 0 Å². The van der Waals surface area contributed by atoms with Gasteiger partial charge in [-0.1, -0.05) is 0 Å². The average Bonchev–Trinajstić information content (AvgIpc) is 0. The summed E-state index contributed by atoms with van der Waals surface area (Å²) in [5.74, 6) is 0. The van der Waals surface area contributed by atoms with Gasteiger partial charge in [-0.3, -0.25) is 0 Å². The van der Waals surface area contributed by atoms with Gasteiger partial charge >= 0.3 is 0 Å². The molecule has 0 aliphatic rings. The zero-order chi connectivity index (χ0) is 0. The Balaban J connectivity index is 0. The Hall–Kier alpha value is 2.25. The largest absolute Gasteiger partial charge is 0 e. The fourth-order valence-corrected chi connectivity index (χ4v) is 0. The van der Waals surface area contributed by atoms with Crippen LogP contribution in [0.15, 0.2) is 0 Å². The first-order chi connectivity index (χ1) is 0. The Morgan fingerprint density at radius 2 is 0.500 bits per heavy atom. The first kappa shape index (κ1) is 34.1. The molecule has 0 N–H and O–H groups in total. The van der Waals surface area contributed by atoms with E-state index in [9.17, 15) is 0 Å². The molecule has 0 heterocycles. The molecule has 0 saturated carbocycles. The Labute approximate surface area is 71.4 Å². The van der Waals surface area contributed by atoms with E-state index in [1.807, 2.05) is 0 Å². The van der Waals surface area contributed by atoms with Crippen molar-refractivity contribution in [3.05, 3.63) is 0 Å². The van der Waals surface area contributed by atoms with Crippen molar-refractivity contribution in [2.45, 2.75) is 0 Å². The minimum absolute atomic E-state index is 0. The maximum atomic E-state index is 0. The van der Waals surface area contributed by atoms with Gasteiger partial charge in [-0.2, -0.15) is 0 Å².